The first-order valence-corrected chi connectivity index (χ1v) is 6.96. The average molecular weight is 288 g/mol. The van der Waals surface area contributed by atoms with Gasteiger partial charge in [-0.2, -0.15) is 5.26 Å². The summed E-state index contributed by atoms with van der Waals surface area (Å²) in [5.74, 6) is -0.158. The number of fused-ring (bicyclic) bond motifs is 1. The van der Waals surface area contributed by atoms with Gasteiger partial charge in [0.2, 0.25) is 0 Å². The van der Waals surface area contributed by atoms with Crippen molar-refractivity contribution in [3.8, 4) is 6.07 Å². The summed E-state index contributed by atoms with van der Waals surface area (Å²) in [7, 11) is 0. The minimum absolute atomic E-state index is 0.158. The van der Waals surface area contributed by atoms with E-state index in [0.717, 1.165) is 10.2 Å². The summed E-state index contributed by atoms with van der Waals surface area (Å²) in [4.78, 5) is 19.6. The molecule has 2 N–H and O–H groups in total. The van der Waals surface area contributed by atoms with Crippen molar-refractivity contribution in [3.63, 3.8) is 0 Å². The zero-order chi connectivity index (χ0) is 14.1. The number of nitrogen functional groups attached to an aromatic ring is 1. The Kier molecular flexibility index (Phi) is 3.26. The third kappa shape index (κ3) is 2.09. The van der Waals surface area contributed by atoms with Gasteiger partial charge in [0.25, 0.3) is 5.91 Å². The molecule has 2 aromatic rings. The molecule has 0 aromatic carbocycles. The van der Waals surface area contributed by atoms with E-state index in [4.69, 9.17) is 15.7 Å². The van der Waals surface area contributed by atoms with E-state index in [0.29, 0.717) is 23.7 Å². The highest BCUT2D eigenvalue weighted by molar-refractivity contribution is 7.21. The van der Waals surface area contributed by atoms with E-state index in [1.807, 2.05) is 12.1 Å². The molecule has 7 heteroatoms. The molecule has 102 valence electrons. The van der Waals surface area contributed by atoms with E-state index in [1.54, 1.807) is 17.2 Å². The number of hydrogen-bond acceptors (Lipinski definition) is 6. The summed E-state index contributed by atoms with van der Waals surface area (Å²) in [6.45, 7) is 1.11. The fourth-order valence-electron chi connectivity index (χ4n) is 2.17. The smallest absolute Gasteiger partial charge is 0.266 e. The molecule has 0 radical (unpaired) electrons. The lowest BCUT2D eigenvalue weighted by Crippen LogP contribution is -2.45. The Balaban J connectivity index is 1.93. The zero-order valence-electron chi connectivity index (χ0n) is 10.6. The maximum atomic E-state index is 12.5. The Hall–Kier alpha value is -2.17. The van der Waals surface area contributed by atoms with Crippen LogP contribution in [0.1, 0.15) is 9.67 Å². The largest absolute Gasteiger partial charge is 0.397 e. The number of nitrogens with two attached hydrogens (primary N) is 1. The van der Waals surface area contributed by atoms with Crippen LogP contribution in [0.3, 0.4) is 0 Å². The Bertz CT molecular complexity index is 706. The molecular weight excluding hydrogens is 276 g/mol. The van der Waals surface area contributed by atoms with Gasteiger partial charge in [-0.25, -0.2) is 4.98 Å². The molecule has 6 nitrogen and oxygen atoms in total. The SMILES string of the molecule is N#CC1CN(C(=O)c2sc3ncccc3c2N)CCO1. The van der Waals surface area contributed by atoms with E-state index in [9.17, 15) is 4.79 Å². The number of thiophene rings is 1. The van der Waals surface area contributed by atoms with Crippen LogP contribution >= 0.6 is 11.3 Å². The second-order valence-electron chi connectivity index (χ2n) is 4.44. The van der Waals surface area contributed by atoms with Crippen LogP contribution in [0.15, 0.2) is 18.3 Å². The first-order chi connectivity index (χ1) is 9.70. The number of carbonyl (C=O) groups excluding carboxylic acids is 1. The highest BCUT2D eigenvalue weighted by atomic mass is 32.1. The Morgan fingerprint density at radius 1 is 1.65 bits per heavy atom. The van der Waals surface area contributed by atoms with Crippen LogP contribution in [0.5, 0.6) is 0 Å². The number of amides is 1. The van der Waals surface area contributed by atoms with Crippen LogP contribution in [-0.2, 0) is 4.74 Å². The van der Waals surface area contributed by atoms with Crippen molar-refractivity contribution in [3.05, 3.63) is 23.2 Å². The molecule has 1 aliphatic rings. The van der Waals surface area contributed by atoms with E-state index in [2.05, 4.69) is 4.98 Å². The minimum Gasteiger partial charge on any atom is -0.397 e. The number of aromatic nitrogens is 1. The number of nitriles is 1. The van der Waals surface area contributed by atoms with Crippen molar-refractivity contribution >= 4 is 33.1 Å². The minimum atomic E-state index is -0.568. The maximum absolute atomic E-state index is 12.5. The molecule has 0 aliphatic carbocycles. The summed E-state index contributed by atoms with van der Waals surface area (Å²) in [5.41, 5.74) is 6.50. The topological polar surface area (TPSA) is 92.2 Å². The molecule has 0 saturated carbocycles. The van der Waals surface area contributed by atoms with Gasteiger partial charge in [0.05, 0.1) is 24.9 Å². The van der Waals surface area contributed by atoms with Crippen LogP contribution < -0.4 is 5.73 Å². The van der Waals surface area contributed by atoms with Crippen molar-refractivity contribution in [2.75, 3.05) is 25.4 Å². The lowest BCUT2D eigenvalue weighted by Gasteiger charge is -2.29. The fourth-order valence-corrected chi connectivity index (χ4v) is 3.20. The molecule has 1 amide bonds. The summed E-state index contributed by atoms with van der Waals surface area (Å²) in [6.07, 6.45) is 1.11. The average Bonchev–Trinajstić information content (AvgIpc) is 2.84. The van der Waals surface area contributed by atoms with Crippen molar-refractivity contribution in [1.29, 1.82) is 5.26 Å². The number of ether oxygens (including phenoxy) is 1. The molecule has 1 aliphatic heterocycles. The summed E-state index contributed by atoms with van der Waals surface area (Å²) in [6, 6.07) is 5.67. The van der Waals surface area contributed by atoms with E-state index in [1.165, 1.54) is 11.3 Å². The number of carbonyl (C=O) groups is 1. The second-order valence-corrected chi connectivity index (χ2v) is 5.44. The van der Waals surface area contributed by atoms with Gasteiger partial charge in [-0.05, 0) is 12.1 Å². The van der Waals surface area contributed by atoms with Crippen molar-refractivity contribution in [2.45, 2.75) is 6.10 Å². The van der Waals surface area contributed by atoms with Crippen LogP contribution in [0.25, 0.3) is 10.2 Å². The fraction of sp³-hybridized carbons (Fsp3) is 0.308. The maximum Gasteiger partial charge on any atom is 0.266 e. The van der Waals surface area contributed by atoms with E-state index >= 15 is 0 Å². The lowest BCUT2D eigenvalue weighted by molar-refractivity contribution is 0.00374. The monoisotopic (exact) mass is 288 g/mol. The first kappa shape index (κ1) is 12.8. The quantitative estimate of drug-likeness (QED) is 0.852. The van der Waals surface area contributed by atoms with Crippen LogP contribution in [-0.4, -0.2) is 41.6 Å². The Morgan fingerprint density at radius 2 is 2.50 bits per heavy atom. The first-order valence-electron chi connectivity index (χ1n) is 6.14. The van der Waals surface area contributed by atoms with E-state index < -0.39 is 6.10 Å². The molecule has 0 bridgehead atoms. The highest BCUT2D eigenvalue weighted by Crippen LogP contribution is 2.33. The molecule has 20 heavy (non-hydrogen) atoms. The summed E-state index contributed by atoms with van der Waals surface area (Å²) < 4.78 is 5.24. The van der Waals surface area contributed by atoms with Crippen LogP contribution in [0, 0.1) is 11.3 Å². The Morgan fingerprint density at radius 3 is 3.25 bits per heavy atom. The lowest BCUT2D eigenvalue weighted by atomic mass is 10.2. The summed E-state index contributed by atoms with van der Waals surface area (Å²) >= 11 is 1.28. The third-order valence-electron chi connectivity index (χ3n) is 3.20. The standard InChI is InChI=1S/C13H12N4O2S/c14-6-8-7-17(4-5-19-8)13(18)11-10(15)9-2-1-3-16-12(9)20-11/h1-3,8H,4-5,7,15H2. The van der Waals surface area contributed by atoms with Crippen molar-refractivity contribution in [1.82, 2.24) is 9.88 Å². The molecule has 3 rings (SSSR count). The van der Waals surface area contributed by atoms with Gasteiger partial charge < -0.3 is 15.4 Å². The van der Waals surface area contributed by atoms with Gasteiger partial charge in [-0.15, -0.1) is 11.3 Å². The molecule has 1 saturated heterocycles. The molecule has 1 atom stereocenters. The van der Waals surface area contributed by atoms with Gasteiger partial charge in [0, 0.05) is 18.1 Å². The Labute approximate surface area is 119 Å². The molecule has 2 aromatic heterocycles. The van der Waals surface area contributed by atoms with Crippen molar-refractivity contribution < 1.29 is 9.53 Å². The number of hydrogen-bond donors (Lipinski definition) is 1. The molecular formula is C13H12N4O2S. The van der Waals surface area contributed by atoms with Crippen LogP contribution in [0.4, 0.5) is 5.69 Å². The third-order valence-corrected chi connectivity index (χ3v) is 4.31. The zero-order valence-corrected chi connectivity index (χ0v) is 11.4. The number of pyridine rings is 1. The van der Waals surface area contributed by atoms with Gasteiger partial charge in [0.15, 0.2) is 6.10 Å². The van der Waals surface area contributed by atoms with Gasteiger partial charge in [-0.1, -0.05) is 0 Å². The highest BCUT2D eigenvalue weighted by Gasteiger charge is 2.27. The van der Waals surface area contributed by atoms with Gasteiger partial charge in [-0.3, -0.25) is 4.79 Å². The van der Waals surface area contributed by atoms with E-state index in [-0.39, 0.29) is 12.5 Å². The molecule has 3 heterocycles. The van der Waals surface area contributed by atoms with Crippen molar-refractivity contribution in [2.24, 2.45) is 0 Å². The molecule has 1 fully saturated rings. The summed E-state index contributed by atoms with van der Waals surface area (Å²) in [5, 5.41) is 9.68. The normalized spacial score (nSPS) is 18.9. The number of anilines is 1. The predicted molar refractivity (Wildman–Crippen MR) is 75.3 cm³/mol. The van der Waals surface area contributed by atoms with Crippen LogP contribution in [0.2, 0.25) is 0 Å². The predicted octanol–water partition coefficient (Wildman–Crippen LogP) is 1.24. The molecule has 1 unspecified atom stereocenters. The number of nitrogens with zero attached hydrogens (tertiary/aromatic N) is 3. The number of rotatable bonds is 1. The number of morpholine rings is 1. The second kappa shape index (κ2) is 5.07. The molecule has 0 spiro atoms. The van der Waals surface area contributed by atoms with Gasteiger partial charge in [0.1, 0.15) is 9.71 Å². The van der Waals surface area contributed by atoms with Gasteiger partial charge >= 0.3 is 0 Å².